The predicted molar refractivity (Wildman–Crippen MR) is 265 cm³/mol. The van der Waals surface area contributed by atoms with Crippen molar-refractivity contribution in [2.24, 2.45) is 23.5 Å². The molecule has 23 heteroatoms. The van der Waals surface area contributed by atoms with Gasteiger partial charge in [0.1, 0.15) is 42.1 Å². The van der Waals surface area contributed by atoms with Gasteiger partial charge in [0.05, 0.1) is 42.8 Å². The number of fused-ring (bicyclic) bond motifs is 2. The summed E-state index contributed by atoms with van der Waals surface area (Å²) in [5, 5.41) is 97.7. The predicted octanol–water partition coefficient (Wildman–Crippen LogP) is -1.22. The molecule has 7 amide bonds. The average molecular weight is 1050 g/mol. The number of nitrogens with one attached hydrogen (secondary N) is 4. The highest BCUT2D eigenvalue weighted by Crippen LogP contribution is 2.30. The first-order valence-corrected chi connectivity index (χ1v) is 26.1. The lowest BCUT2D eigenvalue weighted by atomic mass is 9.86. The summed E-state index contributed by atoms with van der Waals surface area (Å²) in [6.45, 7) is 7.16. The molecular formula is C51H81N7O16. The maximum Gasteiger partial charge on any atom is 0.248 e. The van der Waals surface area contributed by atoms with Gasteiger partial charge in [0.15, 0.2) is 12.0 Å². The van der Waals surface area contributed by atoms with Crippen molar-refractivity contribution in [3.63, 3.8) is 0 Å². The summed E-state index contributed by atoms with van der Waals surface area (Å²) in [6.07, 6.45) is -7.89. The summed E-state index contributed by atoms with van der Waals surface area (Å²) >= 11 is 0. The average Bonchev–Trinajstić information content (AvgIpc) is 4.01. The maximum absolute atomic E-state index is 14.4. The second-order valence-corrected chi connectivity index (χ2v) is 20.7. The number of nitrogens with two attached hydrogens (primary N) is 1. The van der Waals surface area contributed by atoms with Crippen LogP contribution >= 0.6 is 0 Å². The zero-order chi connectivity index (χ0) is 55.0. The third-order valence-electron chi connectivity index (χ3n) is 14.5. The van der Waals surface area contributed by atoms with E-state index in [2.05, 4.69) is 42.0 Å². The zero-order valence-electron chi connectivity index (χ0n) is 43.0. The third kappa shape index (κ3) is 17.7. The zero-order valence-corrected chi connectivity index (χ0v) is 43.0. The number of hydrogen-bond acceptors (Lipinski definition) is 16. The van der Waals surface area contributed by atoms with Crippen molar-refractivity contribution in [3.05, 3.63) is 29.8 Å². The molecule has 15 atom stereocenters. The van der Waals surface area contributed by atoms with Crippen molar-refractivity contribution in [1.82, 2.24) is 31.1 Å². The molecule has 3 saturated heterocycles. The summed E-state index contributed by atoms with van der Waals surface area (Å²) in [7, 11) is 0. The Hall–Kier alpha value is -5.30. The van der Waals surface area contributed by atoms with Crippen molar-refractivity contribution in [2.45, 2.75) is 203 Å². The fourth-order valence-electron chi connectivity index (χ4n) is 10.0. The summed E-state index contributed by atoms with van der Waals surface area (Å²) < 4.78 is 0. The van der Waals surface area contributed by atoms with Crippen molar-refractivity contribution in [2.75, 3.05) is 13.1 Å². The van der Waals surface area contributed by atoms with Gasteiger partial charge in [-0.15, -0.1) is 0 Å². The molecule has 0 radical (unpaired) electrons. The first-order chi connectivity index (χ1) is 34.9. The number of primary amides is 1. The Balaban J connectivity index is 1.67. The molecule has 0 aliphatic carbocycles. The van der Waals surface area contributed by atoms with Gasteiger partial charge in [-0.1, -0.05) is 77.8 Å². The van der Waals surface area contributed by atoms with Gasteiger partial charge in [-0.05, 0) is 62.1 Å². The minimum atomic E-state index is -2.21. The first kappa shape index (κ1) is 61.2. The van der Waals surface area contributed by atoms with Crippen LogP contribution in [0, 0.1) is 17.8 Å². The van der Waals surface area contributed by atoms with Crippen molar-refractivity contribution in [1.29, 1.82) is 0 Å². The molecule has 23 nitrogen and oxygen atoms in total. The highest BCUT2D eigenvalue weighted by Gasteiger charge is 2.47. The first-order valence-electron chi connectivity index (χ1n) is 26.1. The van der Waals surface area contributed by atoms with Crippen LogP contribution in [0.15, 0.2) is 24.3 Å². The van der Waals surface area contributed by atoms with Gasteiger partial charge in [0, 0.05) is 38.8 Å². The van der Waals surface area contributed by atoms with E-state index < -0.39 is 158 Å². The van der Waals surface area contributed by atoms with Gasteiger partial charge in [0.25, 0.3) is 0 Å². The number of phenolic OH excluding ortho intramolecular Hbond substituents is 1. The molecule has 74 heavy (non-hydrogen) atoms. The molecular weight excluding hydrogens is 967 g/mol. The minimum absolute atomic E-state index is 0.0426. The lowest BCUT2D eigenvalue weighted by molar-refractivity contribution is -0.149. The summed E-state index contributed by atoms with van der Waals surface area (Å²) in [4.78, 5) is 113. The summed E-state index contributed by atoms with van der Waals surface area (Å²) in [5.41, 5.74) is 5.31. The molecule has 0 bridgehead atoms. The molecule has 0 aromatic heterocycles. The summed E-state index contributed by atoms with van der Waals surface area (Å²) in [6, 6.07) is -3.93. The largest absolute Gasteiger partial charge is 0.508 e. The number of aliphatic hydroxyl groups excluding tert-OH is 7. The Morgan fingerprint density at radius 1 is 0.770 bits per heavy atom. The van der Waals surface area contributed by atoms with Crippen LogP contribution in [0.1, 0.15) is 142 Å². The second kappa shape index (κ2) is 29.1. The van der Waals surface area contributed by atoms with Crippen LogP contribution in [-0.2, 0) is 38.4 Å². The minimum Gasteiger partial charge on any atom is -0.508 e. The van der Waals surface area contributed by atoms with E-state index in [1.165, 1.54) is 30.7 Å². The van der Waals surface area contributed by atoms with Gasteiger partial charge in [-0.2, -0.15) is 0 Å². The van der Waals surface area contributed by atoms with Crippen LogP contribution in [0.25, 0.3) is 0 Å². The number of carbonyl (C=O) groups excluding carboxylic acids is 8. The number of carbonyl (C=O) groups is 8. The Labute approximate surface area is 432 Å². The van der Waals surface area contributed by atoms with Gasteiger partial charge in [0.2, 0.25) is 41.4 Å². The number of aromatic hydroxyl groups is 1. The molecule has 14 N–H and O–H groups in total. The van der Waals surface area contributed by atoms with E-state index in [0.717, 1.165) is 55.2 Å². The molecule has 4 unspecified atom stereocenters. The molecule has 0 saturated carbocycles. The van der Waals surface area contributed by atoms with Crippen LogP contribution in [-0.4, -0.2) is 178 Å². The van der Waals surface area contributed by atoms with Crippen molar-refractivity contribution in [3.8, 4) is 5.75 Å². The molecule has 0 spiro atoms. The van der Waals surface area contributed by atoms with E-state index in [-0.39, 0.29) is 37.1 Å². The number of rotatable bonds is 20. The van der Waals surface area contributed by atoms with E-state index in [1.54, 1.807) is 0 Å². The van der Waals surface area contributed by atoms with Gasteiger partial charge >= 0.3 is 0 Å². The molecule has 3 aliphatic rings. The number of hydrogen-bond donors (Lipinski definition) is 13. The quantitative estimate of drug-likeness (QED) is 0.0681. The van der Waals surface area contributed by atoms with Gasteiger partial charge in [-0.3, -0.25) is 38.4 Å². The molecule has 4 rings (SSSR count). The number of amides is 7. The molecule has 1 aromatic rings. The molecule has 416 valence electrons. The smallest absolute Gasteiger partial charge is 0.248 e. The van der Waals surface area contributed by atoms with E-state index in [9.17, 15) is 79.2 Å². The van der Waals surface area contributed by atoms with E-state index in [4.69, 9.17) is 5.73 Å². The number of ketones is 1. The van der Waals surface area contributed by atoms with E-state index in [1.807, 2.05) is 0 Å². The lowest BCUT2D eigenvalue weighted by Crippen LogP contribution is -2.60. The van der Waals surface area contributed by atoms with Crippen LogP contribution in [0.3, 0.4) is 0 Å². The number of phenols is 1. The monoisotopic (exact) mass is 1050 g/mol. The molecule has 3 heterocycles. The normalized spacial score (nSPS) is 28.3. The van der Waals surface area contributed by atoms with Crippen molar-refractivity contribution >= 4 is 47.1 Å². The Morgan fingerprint density at radius 2 is 1.39 bits per heavy atom. The van der Waals surface area contributed by atoms with Gasteiger partial charge < -0.3 is 77.7 Å². The van der Waals surface area contributed by atoms with Crippen LogP contribution in [0.5, 0.6) is 5.75 Å². The summed E-state index contributed by atoms with van der Waals surface area (Å²) in [5.74, 6) is -9.41. The highest BCUT2D eigenvalue weighted by molar-refractivity contribution is 5.98. The second-order valence-electron chi connectivity index (χ2n) is 20.7. The number of Topliss-reactive ketones (excluding diaryl/α,β-unsaturated/α-hetero) is 1. The fourth-order valence-corrected chi connectivity index (χ4v) is 10.0. The maximum atomic E-state index is 14.4. The lowest BCUT2D eigenvalue weighted by Gasteiger charge is -2.34. The van der Waals surface area contributed by atoms with Crippen LogP contribution < -0.4 is 27.0 Å². The van der Waals surface area contributed by atoms with Crippen LogP contribution in [0.2, 0.25) is 0 Å². The Kier molecular flexibility index (Phi) is 24.1. The number of nitrogens with zero attached hydrogens (tertiary/aromatic N) is 2. The van der Waals surface area contributed by atoms with E-state index >= 15 is 0 Å². The van der Waals surface area contributed by atoms with E-state index in [0.29, 0.717) is 24.7 Å². The Morgan fingerprint density at radius 3 is 2.03 bits per heavy atom. The third-order valence-corrected chi connectivity index (χ3v) is 14.5. The Bertz CT molecular complexity index is 2060. The number of unbranched alkanes of at least 4 members (excludes halogenated alkanes) is 5. The molecule has 1 aromatic carbocycles. The van der Waals surface area contributed by atoms with Crippen LogP contribution in [0.4, 0.5) is 0 Å². The highest BCUT2D eigenvalue weighted by atomic mass is 16.3. The van der Waals surface area contributed by atoms with Gasteiger partial charge in [-0.25, -0.2) is 0 Å². The molecule has 3 aliphatic heterocycles. The number of benzene rings is 1. The number of aliphatic hydroxyl groups is 7. The topological polar surface area (TPSA) is 379 Å². The standard InChI is InChI=1S/C51H81N7O16/c1-5-27(2)21-28(3)13-10-8-6-7-9-11-15-41(66)53-34-24-39(64)49(72)56-48(71)35-14-12-20-57(35)51(74)43(38(63)25-40(52)65)55-46(69)33(45(68)44(67)30-16-18-31(60)19-17-30)23-37(62)36-22-32(61)26-58(36)50(73)42(29(4)59)54-47(34)70/h16-19,27-29,32-36,38-39,42-45,49,59-61,63-64,67-68,72H,5-15,20-26H2,1-4H3,(H2,52,65)(H,53,66)(H,54,70)(H,55,69)(H,56,71)/t27?,28?,29?,32-,33+,34+,35+,36+,38-,39-,42+,43+,44+,45?,49-/m1/s1. The fraction of sp³-hybridized carbons (Fsp3) is 0.725. The SMILES string of the molecule is CCC(C)CC(C)CCCCCCCCC(=O)N[C@H]1C[C@@H](O)[C@@H](O)NC(=O)[C@@H]2CCCN2C(=O)[C@H]([C@H](O)CC(N)=O)NC(=O)[C@H](C(O)[C@@H](O)c2ccc(O)cc2)CC(=O)[C@@H]2C[C@@H](O)CN2C(=O)[C@H](C(C)O)NC1=O. The molecule has 3 fully saturated rings. The van der Waals surface area contributed by atoms with Crippen molar-refractivity contribution < 1.29 is 79.2 Å².